The van der Waals surface area contributed by atoms with Gasteiger partial charge in [-0.2, -0.15) is 4.39 Å². The van der Waals surface area contributed by atoms with E-state index in [1.54, 1.807) is 0 Å². The zero-order valence-electron chi connectivity index (χ0n) is 8.21. The van der Waals surface area contributed by atoms with Crippen LogP contribution in [0.4, 0.5) is 4.39 Å². The molecule has 0 spiro atoms. The fraction of sp³-hybridized carbons (Fsp3) is 0.556. The van der Waals surface area contributed by atoms with Crippen LogP contribution >= 0.6 is 0 Å². The summed E-state index contributed by atoms with van der Waals surface area (Å²) in [5, 5.41) is 9.32. The molecule has 82 valence electrons. The summed E-state index contributed by atoms with van der Waals surface area (Å²) in [6, 6.07) is 0. The van der Waals surface area contributed by atoms with E-state index >= 15 is 0 Å². The van der Waals surface area contributed by atoms with Gasteiger partial charge in [-0.25, -0.2) is 4.79 Å². The third-order valence-corrected chi connectivity index (χ3v) is 2.76. The zero-order valence-corrected chi connectivity index (χ0v) is 8.21. The van der Waals surface area contributed by atoms with Crippen LogP contribution in [0.2, 0.25) is 0 Å². The number of rotatable bonds is 2. The predicted octanol–water partition coefficient (Wildman–Crippen LogP) is 0.181. The smallest absolute Gasteiger partial charge is 0.331 e. The first kappa shape index (κ1) is 9.95. The van der Waals surface area contributed by atoms with E-state index in [2.05, 4.69) is 0 Å². The molecule has 1 saturated carbocycles. The number of aromatic amines is 1. The second-order valence-electron chi connectivity index (χ2n) is 4.29. The van der Waals surface area contributed by atoms with Crippen LogP contribution in [0, 0.1) is 11.2 Å². The van der Waals surface area contributed by atoms with Gasteiger partial charge in [-0.05, 0) is 18.3 Å². The third-order valence-electron chi connectivity index (χ3n) is 2.76. The van der Waals surface area contributed by atoms with Gasteiger partial charge in [0.2, 0.25) is 11.7 Å². The van der Waals surface area contributed by atoms with E-state index in [1.807, 2.05) is 11.9 Å². The van der Waals surface area contributed by atoms with E-state index in [0.29, 0.717) is 0 Å². The van der Waals surface area contributed by atoms with Crippen molar-refractivity contribution in [2.24, 2.45) is 5.41 Å². The number of nitrogens with zero attached hydrogens (tertiary/aromatic N) is 1. The van der Waals surface area contributed by atoms with Gasteiger partial charge < -0.3 is 5.11 Å². The number of aromatic nitrogens is 2. The molecule has 0 atom stereocenters. The quantitative estimate of drug-likeness (QED) is 0.737. The molecule has 0 saturated heterocycles. The van der Waals surface area contributed by atoms with Gasteiger partial charge >= 0.3 is 5.69 Å². The standard InChI is InChI=1S/C9H11FN2O3/c1-9(2-3-9)4-12-7(14)5(10)6(13)11-8(12)15/h14H,2-4H2,1H3,(H,11,13,15). The van der Waals surface area contributed by atoms with Crippen molar-refractivity contribution in [1.82, 2.24) is 9.55 Å². The maximum absolute atomic E-state index is 13.0. The summed E-state index contributed by atoms with van der Waals surface area (Å²) in [4.78, 5) is 23.9. The Morgan fingerprint density at radius 2 is 2.13 bits per heavy atom. The topological polar surface area (TPSA) is 75.1 Å². The van der Waals surface area contributed by atoms with Gasteiger partial charge in [0.25, 0.3) is 5.56 Å². The fourth-order valence-electron chi connectivity index (χ4n) is 1.44. The van der Waals surface area contributed by atoms with E-state index < -0.39 is 22.9 Å². The molecule has 2 N–H and O–H groups in total. The highest BCUT2D eigenvalue weighted by Crippen LogP contribution is 2.46. The Balaban J connectivity index is 2.51. The van der Waals surface area contributed by atoms with E-state index in [1.165, 1.54) is 0 Å². The number of hydrogen-bond acceptors (Lipinski definition) is 3. The highest BCUT2D eigenvalue weighted by molar-refractivity contribution is 5.10. The Hall–Kier alpha value is -1.59. The van der Waals surface area contributed by atoms with Crippen molar-refractivity contribution in [3.8, 4) is 5.88 Å². The van der Waals surface area contributed by atoms with Gasteiger partial charge in [0.05, 0.1) is 0 Å². The first-order valence-electron chi connectivity index (χ1n) is 4.64. The van der Waals surface area contributed by atoms with Gasteiger partial charge in [-0.15, -0.1) is 0 Å². The highest BCUT2D eigenvalue weighted by atomic mass is 19.1. The van der Waals surface area contributed by atoms with Crippen LogP contribution in [0.3, 0.4) is 0 Å². The molecule has 1 aliphatic rings. The zero-order chi connectivity index (χ0) is 11.2. The number of hydrogen-bond donors (Lipinski definition) is 2. The Bertz CT molecular complexity index is 513. The van der Waals surface area contributed by atoms with Gasteiger partial charge in [-0.3, -0.25) is 14.3 Å². The summed E-state index contributed by atoms with van der Waals surface area (Å²) in [5.74, 6) is -2.18. The van der Waals surface area contributed by atoms with E-state index in [9.17, 15) is 19.1 Å². The second kappa shape index (κ2) is 2.95. The van der Waals surface area contributed by atoms with Crippen LogP contribution in [0.1, 0.15) is 19.8 Å². The predicted molar refractivity (Wildman–Crippen MR) is 50.3 cm³/mol. The summed E-state index contributed by atoms with van der Waals surface area (Å²) < 4.78 is 13.9. The van der Waals surface area contributed by atoms with Crippen molar-refractivity contribution in [2.75, 3.05) is 0 Å². The summed E-state index contributed by atoms with van der Waals surface area (Å²) in [7, 11) is 0. The van der Waals surface area contributed by atoms with Crippen LogP contribution < -0.4 is 11.2 Å². The molecule has 0 amide bonds. The van der Waals surface area contributed by atoms with Crippen molar-refractivity contribution in [1.29, 1.82) is 0 Å². The Morgan fingerprint density at radius 1 is 1.53 bits per heavy atom. The molecule has 5 nitrogen and oxygen atoms in total. The van der Waals surface area contributed by atoms with E-state index in [0.717, 1.165) is 17.4 Å². The molecule has 0 unspecified atom stereocenters. The molecule has 1 heterocycles. The molecular formula is C9H11FN2O3. The lowest BCUT2D eigenvalue weighted by Gasteiger charge is -2.12. The van der Waals surface area contributed by atoms with Crippen LogP contribution in [-0.2, 0) is 6.54 Å². The molecule has 1 aromatic rings. The molecular weight excluding hydrogens is 203 g/mol. The van der Waals surface area contributed by atoms with Gasteiger partial charge in [-0.1, -0.05) is 6.92 Å². The largest absolute Gasteiger partial charge is 0.492 e. The molecule has 0 aliphatic heterocycles. The lowest BCUT2D eigenvalue weighted by molar-refractivity contribution is 0.331. The van der Waals surface area contributed by atoms with Gasteiger partial charge in [0.1, 0.15) is 0 Å². The highest BCUT2D eigenvalue weighted by Gasteiger charge is 2.38. The fourth-order valence-corrected chi connectivity index (χ4v) is 1.44. The van der Waals surface area contributed by atoms with Crippen LogP contribution in [0.5, 0.6) is 5.88 Å². The van der Waals surface area contributed by atoms with E-state index in [4.69, 9.17) is 0 Å². The minimum Gasteiger partial charge on any atom is -0.492 e. The van der Waals surface area contributed by atoms with Gasteiger partial charge in [0.15, 0.2) is 0 Å². The average Bonchev–Trinajstić information content (AvgIpc) is 2.89. The number of aromatic hydroxyl groups is 1. The second-order valence-corrected chi connectivity index (χ2v) is 4.29. The first-order valence-corrected chi connectivity index (χ1v) is 4.64. The summed E-state index contributed by atoms with van der Waals surface area (Å²) in [6.45, 7) is 2.16. The molecule has 1 fully saturated rings. The molecule has 2 rings (SSSR count). The molecule has 0 radical (unpaired) electrons. The number of halogens is 1. The number of H-pyrrole nitrogens is 1. The Morgan fingerprint density at radius 3 is 2.67 bits per heavy atom. The Labute approximate surface area is 84.2 Å². The van der Waals surface area contributed by atoms with E-state index in [-0.39, 0.29) is 12.0 Å². The molecule has 1 aromatic heterocycles. The lowest BCUT2D eigenvalue weighted by Crippen LogP contribution is -2.33. The summed E-state index contributed by atoms with van der Waals surface area (Å²) >= 11 is 0. The minimum absolute atomic E-state index is 0.0635. The van der Waals surface area contributed by atoms with Gasteiger partial charge in [0, 0.05) is 6.54 Å². The summed E-state index contributed by atoms with van der Waals surface area (Å²) in [5.41, 5.74) is -2.02. The van der Waals surface area contributed by atoms with Crippen molar-refractivity contribution in [3.63, 3.8) is 0 Å². The van der Waals surface area contributed by atoms with Crippen molar-refractivity contribution in [2.45, 2.75) is 26.3 Å². The summed E-state index contributed by atoms with van der Waals surface area (Å²) in [6.07, 6.45) is 1.86. The van der Waals surface area contributed by atoms with Crippen molar-refractivity contribution >= 4 is 0 Å². The van der Waals surface area contributed by atoms with Crippen molar-refractivity contribution < 1.29 is 9.50 Å². The molecule has 0 aromatic carbocycles. The molecule has 15 heavy (non-hydrogen) atoms. The average molecular weight is 214 g/mol. The molecule has 0 bridgehead atoms. The van der Waals surface area contributed by atoms with Crippen LogP contribution in [0.25, 0.3) is 0 Å². The lowest BCUT2D eigenvalue weighted by atomic mass is 10.1. The molecule has 1 aliphatic carbocycles. The maximum Gasteiger partial charge on any atom is 0.331 e. The third kappa shape index (κ3) is 1.67. The normalized spacial score (nSPS) is 17.7. The first-order chi connectivity index (χ1) is 6.93. The van der Waals surface area contributed by atoms with Crippen LogP contribution in [0.15, 0.2) is 9.59 Å². The SMILES string of the molecule is CC1(Cn2c(O)c(F)c(=O)[nH]c2=O)CC1. The van der Waals surface area contributed by atoms with Crippen molar-refractivity contribution in [3.05, 3.63) is 26.7 Å². The Kier molecular flexibility index (Phi) is 1.95. The minimum atomic E-state index is -1.31. The molecule has 6 heteroatoms. The maximum atomic E-state index is 13.0. The van der Waals surface area contributed by atoms with Crippen LogP contribution in [-0.4, -0.2) is 14.7 Å². The number of nitrogens with one attached hydrogen (secondary N) is 1. The monoisotopic (exact) mass is 214 g/mol.